The molecule has 14 heavy (non-hydrogen) atoms. The van der Waals surface area contributed by atoms with Crippen molar-refractivity contribution in [1.29, 1.82) is 0 Å². The lowest BCUT2D eigenvalue weighted by Gasteiger charge is -2.13. The van der Waals surface area contributed by atoms with Gasteiger partial charge in [-0.05, 0) is 18.3 Å². The van der Waals surface area contributed by atoms with Crippen molar-refractivity contribution < 1.29 is 18.4 Å². The van der Waals surface area contributed by atoms with Gasteiger partial charge < -0.3 is 9.05 Å². The average molecular weight is 220 g/mol. The predicted molar refractivity (Wildman–Crippen MR) is 53.5 cm³/mol. The third kappa shape index (κ3) is 3.19. The molecule has 0 atom stereocenters. The molecule has 0 spiro atoms. The van der Waals surface area contributed by atoms with E-state index in [1.54, 1.807) is 0 Å². The smallest absolute Gasteiger partial charge is 0.312 e. The zero-order valence-corrected chi connectivity index (χ0v) is 9.80. The minimum Gasteiger partial charge on any atom is -0.312 e. The number of rotatable bonds is 6. The van der Waals surface area contributed by atoms with Gasteiger partial charge in [-0.2, -0.15) is 0 Å². The van der Waals surface area contributed by atoms with Crippen molar-refractivity contribution in [1.82, 2.24) is 0 Å². The molecule has 0 radical (unpaired) electrons. The lowest BCUT2D eigenvalue weighted by atomic mass is 10.0. The molecule has 4 nitrogen and oxygen atoms in total. The molecule has 1 rings (SSSR count). The molecule has 1 fully saturated rings. The van der Waals surface area contributed by atoms with E-state index in [-0.39, 0.29) is 17.4 Å². The van der Waals surface area contributed by atoms with Crippen molar-refractivity contribution in [2.75, 3.05) is 20.4 Å². The molecule has 0 amide bonds. The first-order valence-corrected chi connectivity index (χ1v) is 6.38. The maximum Gasteiger partial charge on any atom is 0.337 e. The topological polar surface area (TPSA) is 52.6 Å². The van der Waals surface area contributed by atoms with E-state index in [4.69, 9.17) is 9.05 Å². The van der Waals surface area contributed by atoms with Crippen LogP contribution in [0.3, 0.4) is 0 Å². The van der Waals surface area contributed by atoms with Gasteiger partial charge in [0.25, 0.3) is 0 Å². The molecule has 0 aliphatic heterocycles. The monoisotopic (exact) mass is 220 g/mol. The van der Waals surface area contributed by atoms with Gasteiger partial charge in [-0.15, -0.1) is 0 Å². The molecule has 1 aliphatic carbocycles. The van der Waals surface area contributed by atoms with Crippen molar-refractivity contribution >= 4 is 13.4 Å². The molecule has 0 aromatic heterocycles. The Bertz CT molecular complexity index is 262. The minimum absolute atomic E-state index is 0.0305. The zero-order chi connectivity index (χ0) is 10.8. The van der Waals surface area contributed by atoms with E-state index in [1.165, 1.54) is 14.2 Å². The molecule has 0 aromatic rings. The molecule has 1 aliphatic rings. The minimum atomic E-state index is -3.15. The Kier molecular flexibility index (Phi) is 3.51. The van der Waals surface area contributed by atoms with Crippen LogP contribution in [-0.4, -0.2) is 26.2 Å². The molecule has 0 unspecified atom stereocenters. The quantitative estimate of drug-likeness (QED) is 0.644. The van der Waals surface area contributed by atoms with Crippen LogP contribution in [0.4, 0.5) is 0 Å². The summed E-state index contributed by atoms with van der Waals surface area (Å²) in [6.07, 6.45) is 2.56. The summed E-state index contributed by atoms with van der Waals surface area (Å²) in [6, 6.07) is 0. The van der Waals surface area contributed by atoms with E-state index in [2.05, 4.69) is 6.92 Å². The molecule has 0 aromatic carbocycles. The Morgan fingerprint density at radius 2 is 1.86 bits per heavy atom. The van der Waals surface area contributed by atoms with Gasteiger partial charge in [-0.25, -0.2) is 0 Å². The molecule has 82 valence electrons. The lowest BCUT2D eigenvalue weighted by Crippen LogP contribution is -2.12. The highest BCUT2D eigenvalue weighted by Crippen LogP contribution is 2.51. The highest BCUT2D eigenvalue weighted by molar-refractivity contribution is 7.54. The number of carbonyl (C=O) groups excluding carboxylic acids is 1. The molecule has 0 saturated heterocycles. The van der Waals surface area contributed by atoms with Gasteiger partial charge in [0.05, 0.1) is 0 Å². The Hall–Kier alpha value is -0.180. The SMILES string of the molecule is COP(=O)(CC(=O)CC1(C)CC1)OC. The summed E-state index contributed by atoms with van der Waals surface area (Å²) in [4.78, 5) is 11.5. The fourth-order valence-electron chi connectivity index (χ4n) is 1.34. The van der Waals surface area contributed by atoms with Crippen molar-refractivity contribution in [3.05, 3.63) is 0 Å². The standard InChI is InChI=1S/C9H17O4P/c1-9(4-5-9)6-8(10)7-14(11,12-2)13-3/h4-7H2,1-3H3. The van der Waals surface area contributed by atoms with Crippen LogP contribution in [0.25, 0.3) is 0 Å². The van der Waals surface area contributed by atoms with Crippen molar-refractivity contribution in [2.24, 2.45) is 5.41 Å². The summed E-state index contributed by atoms with van der Waals surface area (Å²) < 4.78 is 21.0. The van der Waals surface area contributed by atoms with Crippen LogP contribution >= 0.6 is 7.60 Å². The van der Waals surface area contributed by atoms with E-state index in [0.717, 1.165) is 12.8 Å². The fourth-order valence-corrected chi connectivity index (χ4v) is 2.29. The Labute approximate surface area is 84.5 Å². The van der Waals surface area contributed by atoms with Crippen molar-refractivity contribution in [3.8, 4) is 0 Å². The number of hydrogen-bond acceptors (Lipinski definition) is 4. The molecule has 0 N–H and O–H groups in total. The van der Waals surface area contributed by atoms with Crippen molar-refractivity contribution in [2.45, 2.75) is 26.2 Å². The molecular weight excluding hydrogens is 203 g/mol. The third-order valence-electron chi connectivity index (χ3n) is 2.65. The second-order valence-corrected chi connectivity index (χ2v) is 6.43. The summed E-state index contributed by atoms with van der Waals surface area (Å²) in [5.41, 5.74) is 0.156. The van der Waals surface area contributed by atoms with Crippen LogP contribution in [0.1, 0.15) is 26.2 Å². The molecule has 1 saturated carbocycles. The van der Waals surface area contributed by atoms with Crippen molar-refractivity contribution in [3.63, 3.8) is 0 Å². The van der Waals surface area contributed by atoms with Gasteiger partial charge in [0, 0.05) is 20.6 Å². The van der Waals surface area contributed by atoms with E-state index in [1.807, 2.05) is 0 Å². The van der Waals surface area contributed by atoms with Crippen LogP contribution in [0, 0.1) is 5.41 Å². The number of Topliss-reactive ketones (excluding diaryl/α,β-unsaturated/α-hetero) is 1. The summed E-state index contributed by atoms with van der Waals surface area (Å²) in [7, 11) is -0.541. The zero-order valence-electron chi connectivity index (χ0n) is 8.91. The second kappa shape index (κ2) is 4.13. The fraction of sp³-hybridized carbons (Fsp3) is 0.889. The summed E-state index contributed by atoms with van der Waals surface area (Å²) in [5, 5.41) is 0. The first-order chi connectivity index (χ1) is 6.43. The highest BCUT2D eigenvalue weighted by atomic mass is 31.2. The Morgan fingerprint density at radius 3 is 2.21 bits per heavy atom. The van der Waals surface area contributed by atoms with Crippen LogP contribution in [0.15, 0.2) is 0 Å². The second-order valence-electron chi connectivity index (χ2n) is 4.16. The van der Waals surface area contributed by atoms with Crippen LogP contribution < -0.4 is 0 Å². The van der Waals surface area contributed by atoms with E-state index < -0.39 is 7.60 Å². The first kappa shape index (κ1) is 11.9. The van der Waals surface area contributed by atoms with Gasteiger partial charge in [0.15, 0.2) is 0 Å². The predicted octanol–water partition coefficient (Wildman–Crippen LogP) is 2.23. The Morgan fingerprint density at radius 1 is 1.36 bits per heavy atom. The number of ketones is 1. The van der Waals surface area contributed by atoms with Crippen LogP contribution in [-0.2, 0) is 18.4 Å². The van der Waals surface area contributed by atoms with E-state index in [9.17, 15) is 9.36 Å². The maximum atomic E-state index is 11.6. The highest BCUT2D eigenvalue weighted by Gasteiger charge is 2.40. The largest absolute Gasteiger partial charge is 0.337 e. The molecule has 0 bridgehead atoms. The third-order valence-corrected chi connectivity index (χ3v) is 4.51. The van der Waals surface area contributed by atoms with Gasteiger partial charge in [-0.1, -0.05) is 6.92 Å². The normalized spacial score (nSPS) is 19.4. The summed E-state index contributed by atoms with van der Waals surface area (Å²) >= 11 is 0. The molecule has 5 heteroatoms. The summed E-state index contributed by atoms with van der Waals surface area (Å²) in [6.45, 7) is 2.06. The van der Waals surface area contributed by atoms with Gasteiger partial charge in [-0.3, -0.25) is 9.36 Å². The first-order valence-electron chi connectivity index (χ1n) is 4.65. The summed E-state index contributed by atoms with van der Waals surface area (Å²) in [5.74, 6) is -0.0305. The number of hydrogen-bond donors (Lipinski definition) is 0. The Balaban J connectivity index is 2.43. The van der Waals surface area contributed by atoms with Gasteiger partial charge >= 0.3 is 7.60 Å². The van der Waals surface area contributed by atoms with E-state index >= 15 is 0 Å². The van der Waals surface area contributed by atoms with Gasteiger partial charge in [0.2, 0.25) is 0 Å². The van der Waals surface area contributed by atoms with Crippen LogP contribution in [0.5, 0.6) is 0 Å². The molecule has 0 heterocycles. The maximum absolute atomic E-state index is 11.6. The van der Waals surface area contributed by atoms with Gasteiger partial charge in [0.1, 0.15) is 11.9 Å². The average Bonchev–Trinajstić information content (AvgIpc) is 2.82. The lowest BCUT2D eigenvalue weighted by molar-refractivity contribution is -0.117. The number of carbonyl (C=O) groups is 1. The molecular formula is C9H17O4P. The van der Waals surface area contributed by atoms with Crippen LogP contribution in [0.2, 0.25) is 0 Å². The van der Waals surface area contributed by atoms with E-state index in [0.29, 0.717) is 6.42 Å².